The number of hydrogen-bond donors (Lipinski definition) is 2. The number of amidine groups is 1. The van der Waals surface area contributed by atoms with Gasteiger partial charge in [-0.05, 0) is 65.2 Å². The average Bonchev–Trinajstić information content (AvgIpc) is 2.72. The summed E-state index contributed by atoms with van der Waals surface area (Å²) >= 11 is 6.49. The predicted molar refractivity (Wildman–Crippen MR) is 98.5 cm³/mol. The fourth-order valence-electron chi connectivity index (χ4n) is 5.08. The second kappa shape index (κ2) is 6.44. The minimum absolute atomic E-state index is 0.0188. The Morgan fingerprint density at radius 3 is 2.54 bits per heavy atom. The van der Waals surface area contributed by atoms with Gasteiger partial charge in [0.15, 0.2) is 0 Å². The van der Waals surface area contributed by atoms with E-state index in [-0.39, 0.29) is 35.0 Å². The van der Waals surface area contributed by atoms with Gasteiger partial charge in [0.05, 0.1) is 17.7 Å². The van der Waals surface area contributed by atoms with Crippen LogP contribution in [0.1, 0.15) is 66.2 Å². The third-order valence-corrected chi connectivity index (χ3v) is 6.55. The Hall–Kier alpha value is -0.320. The zero-order valence-corrected chi connectivity index (χ0v) is 16.2. The van der Waals surface area contributed by atoms with Crippen molar-refractivity contribution in [1.82, 2.24) is 0 Å². The highest BCUT2D eigenvalue weighted by Gasteiger charge is 2.58. The molecule has 0 amide bonds. The molecule has 1 aliphatic heterocycles. The Kier molecular flexibility index (Phi) is 4.96. The van der Waals surface area contributed by atoms with Gasteiger partial charge in [0, 0.05) is 17.2 Å². The Labute approximate surface area is 151 Å². The molecule has 3 N–H and O–H groups in total. The molecule has 2 fully saturated rings. The topological polar surface area (TPSA) is 67.8 Å². The molecule has 0 aromatic carbocycles. The quantitative estimate of drug-likeness (QED) is 0.744. The molecular formula is C19H33ClN2O2. The number of alkyl halides is 1. The number of nitrogens with two attached hydrogens (primary N) is 1. The molecule has 7 unspecified atom stereocenters. The summed E-state index contributed by atoms with van der Waals surface area (Å²) in [6.07, 6.45) is 5.70. The number of ether oxygens (including phenoxy) is 1. The SMILES string of the molecule is CC1CCC2N=C(N)C(O)(C3CC(Cl)CCC3OC(C)(C)C)C2C1. The van der Waals surface area contributed by atoms with Gasteiger partial charge in [-0.3, -0.25) is 4.99 Å². The van der Waals surface area contributed by atoms with Crippen LogP contribution >= 0.6 is 11.6 Å². The lowest BCUT2D eigenvalue weighted by atomic mass is 9.63. The van der Waals surface area contributed by atoms with Gasteiger partial charge in [0.1, 0.15) is 11.4 Å². The van der Waals surface area contributed by atoms with Crippen molar-refractivity contribution in [3.05, 3.63) is 0 Å². The highest BCUT2D eigenvalue weighted by atomic mass is 35.5. The van der Waals surface area contributed by atoms with E-state index in [1.165, 1.54) is 6.42 Å². The van der Waals surface area contributed by atoms with Crippen LogP contribution in [0.4, 0.5) is 0 Å². The van der Waals surface area contributed by atoms with Gasteiger partial charge in [0.2, 0.25) is 0 Å². The third-order valence-electron chi connectivity index (χ3n) is 6.15. The van der Waals surface area contributed by atoms with Gasteiger partial charge in [-0.25, -0.2) is 0 Å². The number of fused-ring (bicyclic) bond motifs is 1. The van der Waals surface area contributed by atoms with Crippen molar-refractivity contribution in [2.75, 3.05) is 0 Å². The van der Waals surface area contributed by atoms with E-state index in [4.69, 9.17) is 22.1 Å². The summed E-state index contributed by atoms with van der Waals surface area (Å²) in [4.78, 5) is 4.68. The van der Waals surface area contributed by atoms with Crippen LogP contribution in [-0.2, 0) is 4.74 Å². The molecule has 4 nitrogen and oxygen atoms in total. The van der Waals surface area contributed by atoms with Crippen LogP contribution in [0.3, 0.4) is 0 Å². The van der Waals surface area contributed by atoms with Gasteiger partial charge < -0.3 is 15.6 Å². The van der Waals surface area contributed by atoms with Gasteiger partial charge in [0.25, 0.3) is 0 Å². The van der Waals surface area contributed by atoms with E-state index >= 15 is 0 Å². The number of nitrogens with zero attached hydrogens (tertiary/aromatic N) is 1. The summed E-state index contributed by atoms with van der Waals surface area (Å²) in [7, 11) is 0. The van der Waals surface area contributed by atoms with E-state index in [2.05, 4.69) is 32.7 Å². The fourth-order valence-corrected chi connectivity index (χ4v) is 5.40. The van der Waals surface area contributed by atoms with E-state index in [1.54, 1.807) is 0 Å². The molecule has 0 aromatic heterocycles. The van der Waals surface area contributed by atoms with Crippen molar-refractivity contribution in [3.63, 3.8) is 0 Å². The second-order valence-electron chi connectivity index (χ2n) is 9.22. The van der Waals surface area contributed by atoms with Crippen LogP contribution in [0.2, 0.25) is 0 Å². The lowest BCUT2D eigenvalue weighted by Crippen LogP contribution is -2.60. The number of halogens is 1. The van der Waals surface area contributed by atoms with Crippen molar-refractivity contribution >= 4 is 17.4 Å². The smallest absolute Gasteiger partial charge is 0.131 e. The Balaban J connectivity index is 1.91. The lowest BCUT2D eigenvalue weighted by molar-refractivity contribution is -0.148. The van der Waals surface area contributed by atoms with E-state index < -0.39 is 5.60 Å². The van der Waals surface area contributed by atoms with Gasteiger partial charge in [-0.15, -0.1) is 11.6 Å². The maximum atomic E-state index is 11.8. The zero-order chi connectivity index (χ0) is 17.7. The highest BCUT2D eigenvalue weighted by Crippen LogP contribution is 2.50. The van der Waals surface area contributed by atoms with Crippen molar-refractivity contribution in [1.29, 1.82) is 0 Å². The average molecular weight is 357 g/mol. The first-order valence-corrected chi connectivity index (χ1v) is 9.93. The standard InChI is InChI=1S/C19H33ClN2O2/c1-11-5-7-15-13(9-11)19(23,17(21)22-15)14-10-12(20)6-8-16(14)24-18(2,3)4/h11-16,23H,5-10H2,1-4H3,(H2,21,22). The Morgan fingerprint density at radius 2 is 1.88 bits per heavy atom. The molecule has 0 aromatic rings. The number of hydrogen-bond acceptors (Lipinski definition) is 4. The van der Waals surface area contributed by atoms with Gasteiger partial charge in [-0.2, -0.15) is 0 Å². The highest BCUT2D eigenvalue weighted by molar-refractivity contribution is 6.20. The van der Waals surface area contributed by atoms with Gasteiger partial charge in [-0.1, -0.05) is 6.92 Å². The summed E-state index contributed by atoms with van der Waals surface area (Å²) in [5.41, 5.74) is 5.01. The van der Waals surface area contributed by atoms with Crippen molar-refractivity contribution < 1.29 is 9.84 Å². The van der Waals surface area contributed by atoms with E-state index in [0.717, 1.165) is 32.1 Å². The molecule has 2 saturated carbocycles. The summed E-state index contributed by atoms with van der Waals surface area (Å²) < 4.78 is 6.34. The molecule has 2 aliphatic carbocycles. The molecule has 3 rings (SSSR count). The van der Waals surface area contributed by atoms with Crippen molar-refractivity contribution in [2.45, 2.75) is 94.9 Å². The fraction of sp³-hybridized carbons (Fsp3) is 0.947. The molecule has 5 heteroatoms. The van der Waals surface area contributed by atoms with Crippen LogP contribution in [0.15, 0.2) is 4.99 Å². The minimum atomic E-state index is -1.07. The second-order valence-corrected chi connectivity index (χ2v) is 9.83. The monoisotopic (exact) mass is 356 g/mol. The third kappa shape index (κ3) is 3.34. The summed E-state index contributed by atoms with van der Waals surface area (Å²) in [6.45, 7) is 8.47. The van der Waals surface area contributed by atoms with Crippen LogP contribution in [-0.4, -0.2) is 39.7 Å². The van der Waals surface area contributed by atoms with E-state index in [9.17, 15) is 5.11 Å². The van der Waals surface area contributed by atoms with Crippen LogP contribution in [0.25, 0.3) is 0 Å². The van der Waals surface area contributed by atoms with E-state index in [1.807, 2.05) is 0 Å². The van der Waals surface area contributed by atoms with Crippen molar-refractivity contribution in [2.24, 2.45) is 28.5 Å². The predicted octanol–water partition coefficient (Wildman–Crippen LogP) is 3.48. The molecule has 24 heavy (non-hydrogen) atoms. The number of aliphatic hydroxyl groups is 1. The minimum Gasteiger partial charge on any atom is -0.385 e. The van der Waals surface area contributed by atoms with Crippen LogP contribution in [0.5, 0.6) is 0 Å². The molecule has 7 atom stereocenters. The maximum absolute atomic E-state index is 11.8. The summed E-state index contributed by atoms with van der Waals surface area (Å²) in [6, 6.07) is 0.164. The summed E-state index contributed by atoms with van der Waals surface area (Å²) in [5.74, 6) is 1.07. The van der Waals surface area contributed by atoms with Crippen molar-refractivity contribution in [3.8, 4) is 0 Å². The number of rotatable bonds is 2. The van der Waals surface area contributed by atoms with Crippen LogP contribution in [0, 0.1) is 17.8 Å². The largest absolute Gasteiger partial charge is 0.385 e. The molecule has 0 radical (unpaired) electrons. The first-order chi connectivity index (χ1) is 11.1. The molecule has 138 valence electrons. The van der Waals surface area contributed by atoms with E-state index in [0.29, 0.717) is 11.8 Å². The number of aliphatic imine (C=N–C) groups is 1. The lowest BCUT2D eigenvalue weighted by Gasteiger charge is -2.48. The summed E-state index contributed by atoms with van der Waals surface area (Å²) in [5, 5.41) is 11.9. The normalized spacial score (nSPS) is 46.5. The maximum Gasteiger partial charge on any atom is 0.131 e. The molecular weight excluding hydrogens is 324 g/mol. The molecule has 0 spiro atoms. The molecule has 0 bridgehead atoms. The first kappa shape index (κ1) is 18.5. The molecule has 1 heterocycles. The molecule has 0 saturated heterocycles. The zero-order valence-electron chi connectivity index (χ0n) is 15.5. The molecule has 3 aliphatic rings. The Morgan fingerprint density at radius 1 is 1.17 bits per heavy atom. The van der Waals surface area contributed by atoms with Gasteiger partial charge >= 0.3 is 0 Å². The van der Waals surface area contributed by atoms with Crippen LogP contribution < -0.4 is 5.73 Å². The first-order valence-electron chi connectivity index (χ1n) is 9.49. The Bertz CT molecular complexity index is 504.